The van der Waals surface area contributed by atoms with E-state index < -0.39 is 0 Å². The lowest BCUT2D eigenvalue weighted by Crippen LogP contribution is -2.21. The van der Waals surface area contributed by atoms with Gasteiger partial charge in [0.05, 0.1) is 5.02 Å². The van der Waals surface area contributed by atoms with E-state index in [0.29, 0.717) is 10.0 Å². The van der Waals surface area contributed by atoms with E-state index in [4.69, 9.17) is 28.9 Å². The molecule has 1 atom stereocenters. The first-order valence-electron chi connectivity index (χ1n) is 6.42. The predicted molar refractivity (Wildman–Crippen MR) is 86.8 cm³/mol. The number of aromatic nitrogens is 1. The fourth-order valence-corrected chi connectivity index (χ4v) is 3.20. The summed E-state index contributed by atoms with van der Waals surface area (Å²) in [5, 5.41) is 2.12. The van der Waals surface area contributed by atoms with E-state index in [9.17, 15) is 0 Å². The zero-order valence-corrected chi connectivity index (χ0v) is 13.5. The Morgan fingerprint density at radius 1 is 1.30 bits per heavy atom. The Morgan fingerprint density at radius 2 is 2.10 bits per heavy atom. The van der Waals surface area contributed by atoms with Gasteiger partial charge in [-0.3, -0.25) is 0 Å². The van der Waals surface area contributed by atoms with Crippen molar-refractivity contribution >= 4 is 35.0 Å². The molecule has 2 rings (SSSR count). The number of hydrogen-bond acceptors (Lipinski definition) is 3. The summed E-state index contributed by atoms with van der Waals surface area (Å²) in [6.07, 6.45) is 3.49. The van der Waals surface area contributed by atoms with Gasteiger partial charge in [0.15, 0.2) is 0 Å². The summed E-state index contributed by atoms with van der Waals surface area (Å²) in [6.45, 7) is 2.09. The molecule has 2 N–H and O–H groups in total. The van der Waals surface area contributed by atoms with Gasteiger partial charge in [0.25, 0.3) is 0 Å². The van der Waals surface area contributed by atoms with Crippen molar-refractivity contribution in [2.45, 2.75) is 35.7 Å². The molecule has 0 aliphatic carbocycles. The minimum absolute atomic E-state index is 0.148. The fourth-order valence-electron chi connectivity index (χ4n) is 1.77. The van der Waals surface area contributed by atoms with Crippen molar-refractivity contribution in [3.8, 4) is 0 Å². The molecule has 0 saturated carbocycles. The lowest BCUT2D eigenvalue weighted by atomic mass is 10.1. The SMILES string of the molecule is CCC(N)Cc1ccc(Cl)cc1Sc1ncccc1Cl. The third kappa shape index (κ3) is 4.13. The highest BCUT2D eigenvalue weighted by atomic mass is 35.5. The summed E-state index contributed by atoms with van der Waals surface area (Å²) in [5.74, 6) is 0. The molecule has 1 aromatic carbocycles. The van der Waals surface area contributed by atoms with Crippen LogP contribution in [0.15, 0.2) is 46.5 Å². The van der Waals surface area contributed by atoms with Crippen LogP contribution in [0, 0.1) is 0 Å². The van der Waals surface area contributed by atoms with E-state index in [-0.39, 0.29) is 6.04 Å². The Labute approximate surface area is 133 Å². The van der Waals surface area contributed by atoms with E-state index in [1.807, 2.05) is 30.3 Å². The number of pyridine rings is 1. The number of benzene rings is 1. The molecular weight excluding hydrogens is 311 g/mol. The molecule has 0 spiro atoms. The Bertz CT molecular complexity index is 590. The number of halogens is 2. The minimum Gasteiger partial charge on any atom is -0.327 e. The van der Waals surface area contributed by atoms with E-state index in [1.165, 1.54) is 17.3 Å². The monoisotopic (exact) mass is 326 g/mol. The second-order valence-corrected chi connectivity index (χ2v) is 6.39. The summed E-state index contributed by atoms with van der Waals surface area (Å²) >= 11 is 13.8. The second-order valence-electron chi connectivity index (χ2n) is 4.52. The molecule has 0 saturated heterocycles. The average Bonchev–Trinajstić information content (AvgIpc) is 2.44. The van der Waals surface area contributed by atoms with Crippen LogP contribution in [0.1, 0.15) is 18.9 Å². The smallest absolute Gasteiger partial charge is 0.119 e. The third-order valence-electron chi connectivity index (χ3n) is 2.97. The van der Waals surface area contributed by atoms with Gasteiger partial charge in [0.2, 0.25) is 0 Å². The van der Waals surface area contributed by atoms with Crippen LogP contribution in [-0.4, -0.2) is 11.0 Å². The van der Waals surface area contributed by atoms with Gasteiger partial charge in [-0.1, -0.05) is 48.0 Å². The van der Waals surface area contributed by atoms with Gasteiger partial charge in [-0.25, -0.2) is 4.98 Å². The molecule has 2 aromatic rings. The number of nitrogens with zero attached hydrogens (tertiary/aromatic N) is 1. The summed E-state index contributed by atoms with van der Waals surface area (Å²) in [7, 11) is 0. The van der Waals surface area contributed by atoms with Gasteiger partial charge in [0, 0.05) is 22.2 Å². The molecule has 0 fully saturated rings. The van der Waals surface area contributed by atoms with Crippen molar-refractivity contribution in [2.75, 3.05) is 0 Å². The van der Waals surface area contributed by atoms with E-state index in [0.717, 1.165) is 22.8 Å². The zero-order valence-electron chi connectivity index (χ0n) is 11.1. The van der Waals surface area contributed by atoms with Gasteiger partial charge in [0.1, 0.15) is 5.03 Å². The molecule has 0 bridgehead atoms. The van der Waals surface area contributed by atoms with Gasteiger partial charge in [-0.2, -0.15) is 0 Å². The highest BCUT2D eigenvalue weighted by Gasteiger charge is 2.11. The highest BCUT2D eigenvalue weighted by molar-refractivity contribution is 7.99. The lowest BCUT2D eigenvalue weighted by molar-refractivity contribution is 0.641. The first kappa shape index (κ1) is 15.6. The zero-order chi connectivity index (χ0) is 14.5. The Kier molecular flexibility index (Phi) is 5.73. The molecule has 0 aliphatic heterocycles. The fraction of sp³-hybridized carbons (Fsp3) is 0.267. The Balaban J connectivity index is 2.30. The lowest BCUT2D eigenvalue weighted by Gasteiger charge is -2.13. The maximum absolute atomic E-state index is 6.16. The standard InChI is InChI=1S/C15H16Cl2N2S/c1-2-12(18)8-10-5-6-11(16)9-14(10)20-15-13(17)4-3-7-19-15/h3-7,9,12H,2,8,18H2,1H3. The molecular formula is C15H16Cl2N2S. The minimum atomic E-state index is 0.148. The van der Waals surface area contributed by atoms with Crippen molar-refractivity contribution < 1.29 is 0 Å². The summed E-state index contributed by atoms with van der Waals surface area (Å²) in [6, 6.07) is 9.65. The van der Waals surface area contributed by atoms with Gasteiger partial charge < -0.3 is 5.73 Å². The number of nitrogens with two attached hydrogens (primary N) is 1. The molecule has 0 amide bonds. The highest BCUT2D eigenvalue weighted by Crippen LogP contribution is 2.35. The molecule has 20 heavy (non-hydrogen) atoms. The number of hydrogen-bond donors (Lipinski definition) is 1. The third-order valence-corrected chi connectivity index (χ3v) is 4.74. The van der Waals surface area contributed by atoms with Gasteiger partial charge in [-0.05, 0) is 42.7 Å². The second kappa shape index (κ2) is 7.32. The van der Waals surface area contributed by atoms with Crippen molar-refractivity contribution in [1.29, 1.82) is 0 Å². The topological polar surface area (TPSA) is 38.9 Å². The van der Waals surface area contributed by atoms with Crippen LogP contribution in [0.5, 0.6) is 0 Å². The first-order valence-corrected chi connectivity index (χ1v) is 7.99. The first-order chi connectivity index (χ1) is 9.60. The molecule has 0 aliphatic rings. The van der Waals surface area contributed by atoms with Crippen molar-refractivity contribution in [3.05, 3.63) is 52.1 Å². The van der Waals surface area contributed by atoms with Crippen molar-refractivity contribution in [1.82, 2.24) is 4.98 Å². The maximum Gasteiger partial charge on any atom is 0.119 e. The molecule has 1 aromatic heterocycles. The summed E-state index contributed by atoms with van der Waals surface area (Å²) in [5.41, 5.74) is 7.23. The largest absolute Gasteiger partial charge is 0.327 e. The van der Waals surface area contributed by atoms with Crippen molar-refractivity contribution in [3.63, 3.8) is 0 Å². The normalized spacial score (nSPS) is 12.4. The Hall–Kier alpha value is -0.740. The van der Waals surface area contributed by atoms with Crippen LogP contribution >= 0.6 is 35.0 Å². The maximum atomic E-state index is 6.16. The number of rotatable bonds is 5. The predicted octanol–water partition coefficient (Wildman–Crippen LogP) is 4.82. The molecule has 106 valence electrons. The quantitative estimate of drug-likeness (QED) is 0.856. The van der Waals surface area contributed by atoms with Crippen LogP contribution in [-0.2, 0) is 6.42 Å². The van der Waals surface area contributed by atoms with Crippen molar-refractivity contribution in [2.24, 2.45) is 5.73 Å². The van der Waals surface area contributed by atoms with Crippen LogP contribution in [0.25, 0.3) is 0 Å². The van der Waals surface area contributed by atoms with E-state index >= 15 is 0 Å². The molecule has 0 radical (unpaired) electrons. The van der Waals surface area contributed by atoms with Gasteiger partial charge in [-0.15, -0.1) is 0 Å². The van der Waals surface area contributed by atoms with Crippen LogP contribution in [0.4, 0.5) is 0 Å². The van der Waals surface area contributed by atoms with Crippen LogP contribution < -0.4 is 5.73 Å². The van der Waals surface area contributed by atoms with E-state index in [1.54, 1.807) is 6.20 Å². The summed E-state index contributed by atoms with van der Waals surface area (Å²) in [4.78, 5) is 5.36. The van der Waals surface area contributed by atoms with Crippen LogP contribution in [0.3, 0.4) is 0 Å². The average molecular weight is 327 g/mol. The van der Waals surface area contributed by atoms with Crippen LogP contribution in [0.2, 0.25) is 10.0 Å². The summed E-state index contributed by atoms with van der Waals surface area (Å²) < 4.78 is 0. The molecule has 2 nitrogen and oxygen atoms in total. The molecule has 1 heterocycles. The molecule has 1 unspecified atom stereocenters. The Morgan fingerprint density at radius 3 is 2.80 bits per heavy atom. The van der Waals surface area contributed by atoms with E-state index in [2.05, 4.69) is 11.9 Å². The molecule has 5 heteroatoms. The van der Waals surface area contributed by atoms with Gasteiger partial charge >= 0.3 is 0 Å².